The Kier molecular flexibility index (Phi) is 5.07. The molecule has 0 rings (SSSR count). The lowest BCUT2D eigenvalue weighted by atomic mass is 10.9. The van der Waals surface area contributed by atoms with Crippen LogP contribution in [0.1, 0.15) is 0 Å². The zero-order valence-electron chi connectivity index (χ0n) is 3.46. The van der Waals surface area contributed by atoms with Crippen molar-refractivity contribution < 1.29 is 12.9 Å². The highest BCUT2D eigenvalue weighted by molar-refractivity contribution is 9.09. The Morgan fingerprint density at radius 2 is 2.43 bits per heavy atom. The van der Waals surface area contributed by atoms with Gasteiger partial charge in [0.2, 0.25) is 0 Å². The maximum Gasteiger partial charge on any atom is 0.301 e. The molecule has 0 amide bonds. The number of hydrogen-bond acceptors (Lipinski definition) is 2. The molecule has 0 aliphatic carbocycles. The van der Waals surface area contributed by atoms with Crippen molar-refractivity contribution in [2.45, 2.75) is 0 Å². The Labute approximate surface area is 52.7 Å². The minimum Gasteiger partial charge on any atom is -0.284 e. The first-order valence-corrected chi connectivity index (χ1v) is 3.73. The fraction of sp³-hybridized carbons (Fsp3) is 1.00. The molecule has 0 fully saturated rings. The highest BCUT2D eigenvalue weighted by Crippen LogP contribution is 1.82. The predicted octanol–water partition coefficient (Wildman–Crippen LogP) is 0.535. The van der Waals surface area contributed by atoms with Gasteiger partial charge in [0.1, 0.15) is 0 Å². The average Bonchev–Trinajstić information content (AvgIpc) is 1.61. The van der Waals surface area contributed by atoms with E-state index in [1.165, 1.54) is 0 Å². The third-order valence-corrected chi connectivity index (χ3v) is 0.953. The maximum atomic E-state index is 9.63. The summed E-state index contributed by atoms with van der Waals surface area (Å²) in [4.78, 5) is 0. The Balaban J connectivity index is 2.82. The Hall–Kier alpha value is 0.550. The molecule has 1 N–H and O–H groups in total. The van der Waals surface area contributed by atoms with E-state index >= 15 is 0 Å². The molecular weight excluding hydrogens is 184 g/mol. The van der Waals surface area contributed by atoms with Crippen molar-refractivity contribution in [2.24, 2.45) is 0 Å². The van der Waals surface area contributed by atoms with Gasteiger partial charge in [0.15, 0.2) is 0 Å². The molecule has 0 aromatic heterocycles. The molecule has 0 saturated heterocycles. The highest BCUT2D eigenvalue weighted by Gasteiger charge is 1.87. The lowest BCUT2D eigenvalue weighted by Gasteiger charge is -1.88. The van der Waals surface area contributed by atoms with Gasteiger partial charge >= 0.3 is 11.4 Å². The molecule has 0 spiro atoms. The van der Waals surface area contributed by atoms with E-state index in [1.54, 1.807) is 0 Å². The van der Waals surface area contributed by atoms with E-state index in [0.717, 1.165) is 0 Å². The Morgan fingerprint density at radius 3 is 2.57 bits per heavy atom. The van der Waals surface area contributed by atoms with E-state index in [-0.39, 0.29) is 6.61 Å². The first kappa shape index (κ1) is 7.55. The van der Waals surface area contributed by atoms with Gasteiger partial charge in [-0.3, -0.25) is 8.74 Å². The minimum absolute atomic E-state index is 0.267. The van der Waals surface area contributed by atoms with E-state index in [2.05, 4.69) is 20.1 Å². The van der Waals surface area contributed by atoms with Gasteiger partial charge in [-0.15, -0.1) is 0 Å². The summed E-state index contributed by atoms with van der Waals surface area (Å²) in [7, 11) is 0. The van der Waals surface area contributed by atoms with Crippen LogP contribution in [-0.2, 0) is 15.5 Å². The van der Waals surface area contributed by atoms with Gasteiger partial charge in [-0.2, -0.15) is 4.21 Å². The standard InChI is InChI=1S/C2H5BrO3S/c3-1-2-6-7(4)5/h1-2H2,(H,4,5). The quantitative estimate of drug-likeness (QED) is 0.520. The number of rotatable bonds is 3. The normalized spacial score (nSPS) is 14.0. The molecule has 1 atom stereocenters. The van der Waals surface area contributed by atoms with E-state index in [4.69, 9.17) is 4.55 Å². The summed E-state index contributed by atoms with van der Waals surface area (Å²) in [5.41, 5.74) is 0. The van der Waals surface area contributed by atoms with Crippen LogP contribution in [0.25, 0.3) is 0 Å². The fourth-order valence-corrected chi connectivity index (χ4v) is 0.705. The largest absolute Gasteiger partial charge is 0.301 e. The van der Waals surface area contributed by atoms with E-state index in [1.807, 2.05) is 0 Å². The molecule has 3 nitrogen and oxygen atoms in total. The molecule has 0 saturated carbocycles. The molecule has 0 aliphatic heterocycles. The van der Waals surface area contributed by atoms with Crippen molar-refractivity contribution in [1.82, 2.24) is 0 Å². The molecule has 5 heteroatoms. The van der Waals surface area contributed by atoms with Crippen LogP contribution in [0.4, 0.5) is 0 Å². The average molecular weight is 189 g/mol. The third kappa shape index (κ3) is 6.55. The maximum absolute atomic E-state index is 9.63. The van der Waals surface area contributed by atoms with Gasteiger partial charge < -0.3 is 0 Å². The van der Waals surface area contributed by atoms with Crippen LogP contribution >= 0.6 is 15.9 Å². The van der Waals surface area contributed by atoms with Crippen LogP contribution in [0, 0.1) is 0 Å². The summed E-state index contributed by atoms with van der Waals surface area (Å²) >= 11 is 0.912. The van der Waals surface area contributed by atoms with Crippen molar-refractivity contribution >= 4 is 27.3 Å². The fourth-order valence-electron chi connectivity index (χ4n) is 0.103. The number of hydrogen-bond donors (Lipinski definition) is 1. The van der Waals surface area contributed by atoms with E-state index < -0.39 is 11.4 Å². The summed E-state index contributed by atoms with van der Waals surface area (Å²) in [5.74, 6) is 0. The zero-order valence-corrected chi connectivity index (χ0v) is 5.87. The van der Waals surface area contributed by atoms with Gasteiger partial charge in [-0.1, -0.05) is 15.9 Å². The number of alkyl halides is 1. The van der Waals surface area contributed by atoms with Crippen LogP contribution < -0.4 is 0 Å². The van der Waals surface area contributed by atoms with E-state index in [9.17, 15) is 4.21 Å². The summed E-state index contributed by atoms with van der Waals surface area (Å²) in [5, 5.41) is 0.583. The molecule has 0 bridgehead atoms. The predicted molar refractivity (Wildman–Crippen MR) is 30.5 cm³/mol. The lowest BCUT2D eigenvalue weighted by Crippen LogP contribution is -1.96. The lowest BCUT2D eigenvalue weighted by molar-refractivity contribution is 0.329. The van der Waals surface area contributed by atoms with Crippen LogP contribution in [-0.4, -0.2) is 20.7 Å². The monoisotopic (exact) mass is 188 g/mol. The van der Waals surface area contributed by atoms with Gasteiger partial charge in [0.25, 0.3) is 0 Å². The Bertz CT molecular complexity index is 66.0. The van der Waals surface area contributed by atoms with Crippen LogP contribution in [0.5, 0.6) is 0 Å². The van der Waals surface area contributed by atoms with Crippen molar-refractivity contribution in [3.05, 3.63) is 0 Å². The van der Waals surface area contributed by atoms with Crippen molar-refractivity contribution in [1.29, 1.82) is 0 Å². The smallest absolute Gasteiger partial charge is 0.284 e. The first-order valence-electron chi connectivity index (χ1n) is 1.57. The molecule has 0 aromatic carbocycles. The summed E-state index contributed by atoms with van der Waals surface area (Å²) in [6.45, 7) is 0.267. The molecule has 0 radical (unpaired) electrons. The molecule has 44 valence electrons. The van der Waals surface area contributed by atoms with E-state index in [0.29, 0.717) is 5.33 Å². The summed E-state index contributed by atoms with van der Waals surface area (Å²) in [6, 6.07) is 0. The second-order valence-corrected chi connectivity index (χ2v) is 2.19. The van der Waals surface area contributed by atoms with Gasteiger partial charge in [-0.05, 0) is 0 Å². The molecule has 0 aliphatic rings. The SMILES string of the molecule is O=S(O)OCCBr. The van der Waals surface area contributed by atoms with Gasteiger partial charge in [0, 0.05) is 5.33 Å². The topological polar surface area (TPSA) is 46.5 Å². The second kappa shape index (κ2) is 4.70. The Morgan fingerprint density at radius 1 is 1.86 bits per heavy atom. The van der Waals surface area contributed by atoms with Gasteiger partial charge in [0.05, 0.1) is 6.61 Å². The van der Waals surface area contributed by atoms with Crippen molar-refractivity contribution in [3.63, 3.8) is 0 Å². The van der Waals surface area contributed by atoms with Crippen molar-refractivity contribution in [3.8, 4) is 0 Å². The molecular formula is C2H5BrO3S. The molecule has 1 unspecified atom stereocenters. The highest BCUT2D eigenvalue weighted by atomic mass is 79.9. The summed E-state index contributed by atoms with van der Waals surface area (Å²) < 4.78 is 21.7. The zero-order chi connectivity index (χ0) is 5.70. The van der Waals surface area contributed by atoms with Crippen LogP contribution in [0.2, 0.25) is 0 Å². The summed E-state index contributed by atoms with van der Waals surface area (Å²) in [6.07, 6.45) is 0. The third-order valence-electron chi connectivity index (χ3n) is 0.261. The van der Waals surface area contributed by atoms with Crippen LogP contribution in [0.3, 0.4) is 0 Å². The minimum atomic E-state index is -2.10. The molecule has 7 heavy (non-hydrogen) atoms. The van der Waals surface area contributed by atoms with Crippen molar-refractivity contribution in [2.75, 3.05) is 11.9 Å². The second-order valence-electron chi connectivity index (χ2n) is 0.728. The van der Waals surface area contributed by atoms with Gasteiger partial charge in [-0.25, -0.2) is 0 Å². The number of halogens is 1. The molecule has 0 heterocycles. The first-order chi connectivity index (χ1) is 3.27. The van der Waals surface area contributed by atoms with Crippen LogP contribution in [0.15, 0.2) is 0 Å². The molecule has 0 aromatic rings.